The minimum absolute atomic E-state index is 0.227. The molecule has 0 aliphatic heterocycles. The number of amides is 2. The van der Waals surface area contributed by atoms with E-state index in [1.807, 2.05) is 0 Å². The fraction of sp³-hybridized carbons (Fsp3) is 0.357. The van der Waals surface area contributed by atoms with Gasteiger partial charge in [-0.15, -0.1) is 0 Å². The van der Waals surface area contributed by atoms with Gasteiger partial charge in [-0.05, 0) is 25.0 Å². The lowest BCUT2D eigenvalue weighted by atomic mass is 10.2. The van der Waals surface area contributed by atoms with Crippen LogP contribution in [0.1, 0.15) is 31.2 Å². The van der Waals surface area contributed by atoms with Gasteiger partial charge in [0.05, 0.1) is 0 Å². The maximum Gasteiger partial charge on any atom is 0.318 e. The van der Waals surface area contributed by atoms with Crippen LogP contribution in [0, 0.1) is 5.82 Å². The third-order valence-corrected chi connectivity index (χ3v) is 3.07. The second kappa shape index (κ2) is 6.19. The molecule has 1 saturated carbocycles. The van der Waals surface area contributed by atoms with Gasteiger partial charge in [-0.2, -0.15) is 0 Å². The van der Waals surface area contributed by atoms with Crippen molar-refractivity contribution >= 4 is 12.1 Å². The predicted octanol–water partition coefficient (Wildman–Crippen LogP) is 3.04. The monoisotopic (exact) mass is 248 g/mol. The third kappa shape index (κ3) is 3.58. The lowest BCUT2D eigenvalue weighted by Gasteiger charge is -2.10. The van der Waals surface area contributed by atoms with Crippen molar-refractivity contribution in [2.45, 2.75) is 31.7 Å². The molecule has 1 aliphatic carbocycles. The largest absolute Gasteiger partial charge is 0.335 e. The van der Waals surface area contributed by atoms with Crippen LogP contribution in [0.4, 0.5) is 9.18 Å². The molecule has 2 amide bonds. The lowest BCUT2D eigenvalue weighted by Crippen LogP contribution is -2.38. The molecule has 0 atom stereocenters. The molecular weight excluding hydrogens is 231 g/mol. The average Bonchev–Trinajstić information content (AvgIpc) is 2.84. The predicted molar refractivity (Wildman–Crippen MR) is 69.4 cm³/mol. The summed E-state index contributed by atoms with van der Waals surface area (Å²) < 4.78 is 13.3. The van der Waals surface area contributed by atoms with Crippen LogP contribution < -0.4 is 10.6 Å². The smallest absolute Gasteiger partial charge is 0.318 e. The Balaban J connectivity index is 1.80. The van der Waals surface area contributed by atoms with E-state index in [0.29, 0.717) is 5.56 Å². The van der Waals surface area contributed by atoms with Gasteiger partial charge in [0.15, 0.2) is 0 Å². The van der Waals surface area contributed by atoms with Crippen molar-refractivity contribution in [3.05, 3.63) is 41.8 Å². The normalized spacial score (nSPS) is 16.1. The zero-order valence-corrected chi connectivity index (χ0v) is 10.2. The van der Waals surface area contributed by atoms with Crippen molar-refractivity contribution in [3.8, 4) is 0 Å². The minimum atomic E-state index is -0.299. The molecule has 0 unspecified atom stereocenters. The summed E-state index contributed by atoms with van der Waals surface area (Å²) in [4.78, 5) is 11.5. The molecular formula is C14H17FN2O. The van der Waals surface area contributed by atoms with E-state index in [1.165, 1.54) is 25.1 Å². The molecule has 3 nitrogen and oxygen atoms in total. The fourth-order valence-electron chi connectivity index (χ4n) is 2.11. The summed E-state index contributed by atoms with van der Waals surface area (Å²) in [5.41, 5.74) is 0.457. The molecule has 1 aromatic rings. The van der Waals surface area contributed by atoms with Crippen LogP contribution in [0.15, 0.2) is 30.5 Å². The Morgan fingerprint density at radius 2 is 2.00 bits per heavy atom. The van der Waals surface area contributed by atoms with Gasteiger partial charge >= 0.3 is 6.03 Å². The molecule has 0 heterocycles. The molecule has 18 heavy (non-hydrogen) atoms. The highest BCUT2D eigenvalue weighted by Gasteiger charge is 2.16. The van der Waals surface area contributed by atoms with Crippen LogP contribution in [0.5, 0.6) is 0 Å². The molecule has 0 radical (unpaired) electrons. The van der Waals surface area contributed by atoms with Crippen molar-refractivity contribution < 1.29 is 9.18 Å². The van der Waals surface area contributed by atoms with E-state index in [9.17, 15) is 9.18 Å². The summed E-state index contributed by atoms with van der Waals surface area (Å²) in [6, 6.07) is 6.48. The first-order valence-electron chi connectivity index (χ1n) is 6.24. The SMILES string of the molecule is O=C(N/C=C/c1ccccc1F)NC1CCCC1. The number of carbonyl (C=O) groups is 1. The van der Waals surface area contributed by atoms with E-state index in [0.717, 1.165) is 12.8 Å². The van der Waals surface area contributed by atoms with E-state index >= 15 is 0 Å². The maximum absolute atomic E-state index is 13.3. The van der Waals surface area contributed by atoms with Gasteiger partial charge in [0.1, 0.15) is 5.82 Å². The Bertz CT molecular complexity index is 439. The summed E-state index contributed by atoms with van der Waals surface area (Å²) in [5.74, 6) is -0.299. The molecule has 4 heteroatoms. The zero-order chi connectivity index (χ0) is 12.8. The highest BCUT2D eigenvalue weighted by atomic mass is 19.1. The number of benzene rings is 1. The van der Waals surface area contributed by atoms with E-state index in [2.05, 4.69) is 10.6 Å². The first kappa shape index (κ1) is 12.6. The number of halogens is 1. The van der Waals surface area contributed by atoms with Crippen LogP contribution in [0.25, 0.3) is 6.08 Å². The molecule has 2 N–H and O–H groups in total. The standard InChI is InChI=1S/C14H17FN2O/c15-13-8-4-1-5-11(13)9-10-16-14(18)17-12-6-2-3-7-12/h1,4-5,8-10,12H,2-3,6-7H2,(H2,16,17,18)/b10-9+. The fourth-order valence-corrected chi connectivity index (χ4v) is 2.11. The molecule has 1 aromatic carbocycles. The summed E-state index contributed by atoms with van der Waals surface area (Å²) in [6.45, 7) is 0. The topological polar surface area (TPSA) is 41.1 Å². The minimum Gasteiger partial charge on any atom is -0.335 e. The summed E-state index contributed by atoms with van der Waals surface area (Å²) in [7, 11) is 0. The highest BCUT2D eigenvalue weighted by Crippen LogP contribution is 2.17. The first-order valence-corrected chi connectivity index (χ1v) is 6.24. The third-order valence-electron chi connectivity index (χ3n) is 3.07. The van der Waals surface area contributed by atoms with E-state index in [4.69, 9.17) is 0 Å². The van der Waals surface area contributed by atoms with E-state index < -0.39 is 0 Å². The number of carbonyl (C=O) groups excluding carboxylic acids is 1. The van der Waals surface area contributed by atoms with Crippen molar-refractivity contribution in [2.75, 3.05) is 0 Å². The molecule has 0 saturated heterocycles. The molecule has 0 bridgehead atoms. The Kier molecular flexibility index (Phi) is 4.34. The van der Waals surface area contributed by atoms with E-state index in [1.54, 1.807) is 24.3 Å². The average molecular weight is 248 g/mol. The van der Waals surface area contributed by atoms with Crippen molar-refractivity contribution in [1.29, 1.82) is 0 Å². The molecule has 1 fully saturated rings. The van der Waals surface area contributed by atoms with Gasteiger partial charge in [-0.1, -0.05) is 31.0 Å². The first-order chi connectivity index (χ1) is 8.75. The van der Waals surface area contributed by atoms with E-state index in [-0.39, 0.29) is 17.9 Å². The maximum atomic E-state index is 13.3. The number of hydrogen-bond donors (Lipinski definition) is 2. The highest BCUT2D eigenvalue weighted by molar-refractivity contribution is 5.76. The molecule has 1 aliphatic rings. The Hall–Kier alpha value is -1.84. The van der Waals surface area contributed by atoms with Gasteiger partial charge in [0.2, 0.25) is 0 Å². The Morgan fingerprint density at radius 1 is 1.28 bits per heavy atom. The van der Waals surface area contributed by atoms with Gasteiger partial charge in [-0.3, -0.25) is 0 Å². The van der Waals surface area contributed by atoms with Crippen molar-refractivity contribution in [3.63, 3.8) is 0 Å². The van der Waals surface area contributed by atoms with Crippen LogP contribution in [-0.4, -0.2) is 12.1 Å². The number of urea groups is 1. The molecule has 2 rings (SSSR count). The Morgan fingerprint density at radius 3 is 2.72 bits per heavy atom. The number of rotatable bonds is 3. The molecule has 0 spiro atoms. The molecule has 0 aromatic heterocycles. The summed E-state index contributed by atoms with van der Waals surface area (Å²) in [5, 5.41) is 5.47. The van der Waals surface area contributed by atoms with Crippen molar-refractivity contribution in [2.24, 2.45) is 0 Å². The zero-order valence-electron chi connectivity index (χ0n) is 10.2. The second-order valence-corrected chi connectivity index (χ2v) is 4.45. The summed E-state index contributed by atoms with van der Waals surface area (Å²) >= 11 is 0. The van der Waals surface area contributed by atoms with Gasteiger partial charge in [-0.25, -0.2) is 9.18 Å². The van der Waals surface area contributed by atoms with Crippen LogP contribution in [0.3, 0.4) is 0 Å². The molecule has 96 valence electrons. The van der Waals surface area contributed by atoms with Crippen LogP contribution in [-0.2, 0) is 0 Å². The lowest BCUT2D eigenvalue weighted by molar-refractivity contribution is 0.240. The van der Waals surface area contributed by atoms with Gasteiger partial charge < -0.3 is 10.6 Å². The van der Waals surface area contributed by atoms with Gasteiger partial charge in [0, 0.05) is 17.8 Å². The van der Waals surface area contributed by atoms with Gasteiger partial charge in [0.25, 0.3) is 0 Å². The number of hydrogen-bond acceptors (Lipinski definition) is 1. The van der Waals surface area contributed by atoms with Crippen LogP contribution in [0.2, 0.25) is 0 Å². The van der Waals surface area contributed by atoms with Crippen molar-refractivity contribution in [1.82, 2.24) is 10.6 Å². The Labute approximate surface area is 106 Å². The summed E-state index contributed by atoms with van der Waals surface area (Å²) in [6.07, 6.45) is 7.45. The van der Waals surface area contributed by atoms with Crippen LogP contribution >= 0.6 is 0 Å². The second-order valence-electron chi connectivity index (χ2n) is 4.45. The quantitative estimate of drug-likeness (QED) is 0.848. The number of nitrogens with one attached hydrogen (secondary N) is 2.